The van der Waals surface area contributed by atoms with Crippen molar-refractivity contribution in [1.29, 1.82) is 0 Å². The van der Waals surface area contributed by atoms with Gasteiger partial charge in [-0.25, -0.2) is 0 Å². The number of anilines is 2. The normalized spacial score (nSPS) is 11.4. The van der Waals surface area contributed by atoms with Crippen LogP contribution in [0.2, 0.25) is 0 Å². The molecule has 0 N–H and O–H groups in total. The Kier molecular flexibility index (Phi) is 8.01. The van der Waals surface area contributed by atoms with Gasteiger partial charge in [-0.1, -0.05) is 171 Å². The number of para-hydroxylation sites is 1. The van der Waals surface area contributed by atoms with Crippen LogP contribution in [0.5, 0.6) is 0 Å². The molecule has 0 amide bonds. The predicted molar refractivity (Wildman–Crippen MR) is 237 cm³/mol. The first kappa shape index (κ1) is 32.7. The Balaban J connectivity index is 1.20. The van der Waals surface area contributed by atoms with Crippen LogP contribution >= 0.6 is 11.3 Å². The third-order valence-corrected chi connectivity index (χ3v) is 11.8. The van der Waals surface area contributed by atoms with Crippen LogP contribution < -0.4 is 4.90 Å². The van der Waals surface area contributed by atoms with Crippen LogP contribution in [-0.4, -0.2) is 0 Å². The Bertz CT molecular complexity index is 3060. The van der Waals surface area contributed by atoms with Crippen LogP contribution in [0.1, 0.15) is 11.3 Å². The number of rotatable bonds is 8. The Morgan fingerprint density at radius 1 is 0.545 bits per heavy atom. The lowest BCUT2D eigenvalue weighted by Gasteiger charge is -2.28. The fraction of sp³-hybridized carbons (Fsp3) is 0. The average Bonchev–Trinajstić information content (AvgIpc) is 3.84. The number of hydrogen-bond donors (Lipinski definition) is 0. The molecule has 0 bridgehead atoms. The van der Waals surface area contributed by atoms with Crippen molar-refractivity contribution in [3.05, 3.63) is 206 Å². The van der Waals surface area contributed by atoms with Gasteiger partial charge in [0.25, 0.3) is 0 Å². The number of nitrogens with zero attached hydrogens (tertiary/aromatic N) is 1. The molecular formula is C52H35NOS. The minimum atomic E-state index is 0.687. The van der Waals surface area contributed by atoms with E-state index >= 15 is 0 Å². The minimum Gasteiger partial charge on any atom is -0.453 e. The first-order valence-corrected chi connectivity index (χ1v) is 19.3. The zero-order valence-electron chi connectivity index (χ0n) is 30.1. The molecule has 10 aromatic rings. The maximum absolute atomic E-state index is 6.96. The van der Waals surface area contributed by atoms with E-state index in [4.69, 9.17) is 11.0 Å². The highest BCUT2D eigenvalue weighted by Gasteiger charge is 2.26. The molecule has 0 unspecified atom stereocenters. The Morgan fingerprint density at radius 2 is 1.20 bits per heavy atom. The second-order valence-electron chi connectivity index (χ2n) is 13.8. The van der Waals surface area contributed by atoms with Crippen LogP contribution in [0, 0.1) is 0 Å². The summed E-state index contributed by atoms with van der Waals surface area (Å²) < 4.78 is 9.43. The lowest BCUT2D eigenvalue weighted by atomic mass is 9.98. The van der Waals surface area contributed by atoms with Crippen LogP contribution in [0.4, 0.5) is 11.4 Å². The van der Waals surface area contributed by atoms with Gasteiger partial charge >= 0.3 is 0 Å². The Hall–Kier alpha value is -6.94. The SMILES string of the molecule is C=Cc1c(C(=C)N(c2ccc(-c3ccc4ccccc4c3)cc2)c2ccc(-c3ccccc3)c3sc4ccccc4c23)oc2c(-c3ccccc3)cccc12. The molecule has 0 fully saturated rings. The van der Waals surface area contributed by atoms with E-state index in [9.17, 15) is 0 Å². The van der Waals surface area contributed by atoms with E-state index in [1.54, 1.807) is 0 Å². The molecule has 0 saturated heterocycles. The largest absolute Gasteiger partial charge is 0.453 e. The zero-order valence-corrected chi connectivity index (χ0v) is 30.9. The minimum absolute atomic E-state index is 0.687. The third kappa shape index (κ3) is 5.56. The fourth-order valence-electron chi connectivity index (χ4n) is 7.96. The van der Waals surface area contributed by atoms with Crippen molar-refractivity contribution in [1.82, 2.24) is 0 Å². The average molecular weight is 722 g/mol. The molecule has 0 spiro atoms. The molecule has 0 saturated carbocycles. The Morgan fingerprint density at radius 3 is 1.96 bits per heavy atom. The van der Waals surface area contributed by atoms with Gasteiger partial charge in [-0.2, -0.15) is 0 Å². The first-order chi connectivity index (χ1) is 27.2. The lowest BCUT2D eigenvalue weighted by Crippen LogP contribution is -2.15. The number of hydrogen-bond acceptors (Lipinski definition) is 3. The number of fused-ring (bicyclic) bond motifs is 5. The van der Waals surface area contributed by atoms with E-state index in [0.29, 0.717) is 5.76 Å². The molecule has 2 nitrogen and oxygen atoms in total. The highest BCUT2D eigenvalue weighted by molar-refractivity contribution is 7.26. The summed E-state index contributed by atoms with van der Waals surface area (Å²) >= 11 is 1.83. The molecule has 0 atom stereocenters. The second-order valence-corrected chi connectivity index (χ2v) is 14.8. The molecule has 2 heterocycles. The fourth-order valence-corrected chi connectivity index (χ4v) is 9.22. The highest BCUT2D eigenvalue weighted by atomic mass is 32.1. The maximum atomic E-state index is 6.96. The molecular weight excluding hydrogens is 687 g/mol. The summed E-state index contributed by atoms with van der Waals surface area (Å²) in [6, 6.07) is 64.6. The molecule has 3 heteroatoms. The highest BCUT2D eigenvalue weighted by Crippen LogP contribution is 2.49. The Labute approximate surface area is 324 Å². The van der Waals surface area contributed by atoms with Gasteiger partial charge in [0.15, 0.2) is 5.76 Å². The van der Waals surface area contributed by atoms with E-state index in [-0.39, 0.29) is 0 Å². The molecule has 10 rings (SSSR count). The van der Waals surface area contributed by atoms with Crippen LogP contribution in [0.25, 0.3) is 87.1 Å². The van der Waals surface area contributed by atoms with Crippen LogP contribution in [0.3, 0.4) is 0 Å². The number of furan rings is 1. The monoisotopic (exact) mass is 721 g/mol. The predicted octanol–water partition coefficient (Wildman–Crippen LogP) is 15.4. The molecule has 0 aliphatic rings. The van der Waals surface area contributed by atoms with Crippen LogP contribution in [-0.2, 0) is 0 Å². The van der Waals surface area contributed by atoms with Crippen LogP contribution in [0.15, 0.2) is 200 Å². The van der Waals surface area contributed by atoms with Crippen molar-refractivity contribution in [3.8, 4) is 33.4 Å². The van der Waals surface area contributed by atoms with Crippen molar-refractivity contribution in [2.24, 2.45) is 0 Å². The first-order valence-electron chi connectivity index (χ1n) is 18.5. The smallest absolute Gasteiger partial charge is 0.158 e. The molecule has 8 aromatic carbocycles. The van der Waals surface area contributed by atoms with Crippen molar-refractivity contribution in [2.75, 3.05) is 4.90 Å². The second kappa shape index (κ2) is 13.5. The quantitative estimate of drug-likeness (QED) is 0.155. The summed E-state index contributed by atoms with van der Waals surface area (Å²) in [6.45, 7) is 9.12. The van der Waals surface area contributed by atoms with Gasteiger partial charge in [-0.3, -0.25) is 0 Å². The van der Waals surface area contributed by atoms with Gasteiger partial charge in [-0.15, -0.1) is 11.3 Å². The molecule has 0 aliphatic heterocycles. The van der Waals surface area contributed by atoms with E-state index < -0.39 is 0 Å². The van der Waals surface area contributed by atoms with Gasteiger partial charge in [0.05, 0.1) is 11.4 Å². The molecule has 0 radical (unpaired) electrons. The molecule has 260 valence electrons. The van der Waals surface area contributed by atoms with E-state index in [1.165, 1.54) is 47.6 Å². The van der Waals surface area contributed by atoms with Crippen molar-refractivity contribution in [3.63, 3.8) is 0 Å². The third-order valence-electron chi connectivity index (χ3n) is 10.6. The van der Waals surface area contributed by atoms with Crippen molar-refractivity contribution < 1.29 is 4.42 Å². The number of benzene rings is 8. The summed E-state index contributed by atoms with van der Waals surface area (Å²) in [7, 11) is 0. The van der Waals surface area contributed by atoms with E-state index in [0.717, 1.165) is 50.3 Å². The van der Waals surface area contributed by atoms with Gasteiger partial charge in [0.1, 0.15) is 5.58 Å². The van der Waals surface area contributed by atoms with Gasteiger partial charge in [0.2, 0.25) is 0 Å². The standard InChI is InChI=1S/C52H35NOS/c1-3-42-45-23-14-22-43(37-16-6-4-7-17-37)51(45)54-50(42)34(2)53(41-29-27-36(28-30-41)40-26-25-35-15-10-11-20-39(35)33-40)47-32-31-44(38-18-8-5-9-19-38)52-49(47)46-21-12-13-24-48(46)55-52/h3-33H,1-2H2. The zero-order chi connectivity index (χ0) is 36.9. The lowest BCUT2D eigenvalue weighted by molar-refractivity contribution is 0.598. The topological polar surface area (TPSA) is 16.4 Å². The van der Waals surface area contributed by atoms with Gasteiger partial charge < -0.3 is 9.32 Å². The maximum Gasteiger partial charge on any atom is 0.158 e. The molecule has 55 heavy (non-hydrogen) atoms. The summed E-state index contributed by atoms with van der Waals surface area (Å²) in [5.41, 5.74) is 11.3. The van der Waals surface area contributed by atoms with Crippen molar-refractivity contribution in [2.45, 2.75) is 0 Å². The molecule has 2 aromatic heterocycles. The van der Waals surface area contributed by atoms with Gasteiger partial charge in [-0.05, 0) is 68.9 Å². The molecule has 0 aliphatic carbocycles. The summed E-state index contributed by atoms with van der Waals surface area (Å²) in [6.07, 6.45) is 1.90. The summed E-state index contributed by atoms with van der Waals surface area (Å²) in [4.78, 5) is 2.27. The van der Waals surface area contributed by atoms with E-state index in [1.807, 2.05) is 23.5 Å². The van der Waals surface area contributed by atoms with E-state index in [2.05, 4.69) is 187 Å². The van der Waals surface area contributed by atoms with Crippen molar-refractivity contribution >= 4 is 76.4 Å². The number of thiophene rings is 1. The van der Waals surface area contributed by atoms with Gasteiger partial charge in [0, 0.05) is 42.4 Å². The summed E-state index contributed by atoms with van der Waals surface area (Å²) in [5.74, 6) is 0.687. The summed E-state index contributed by atoms with van der Waals surface area (Å²) in [5, 5.41) is 5.85.